The van der Waals surface area contributed by atoms with E-state index in [9.17, 15) is 9.59 Å². The molecule has 1 saturated carbocycles. The van der Waals surface area contributed by atoms with Crippen LogP contribution in [-0.2, 0) is 6.42 Å². The van der Waals surface area contributed by atoms with Crippen LogP contribution in [-0.4, -0.2) is 34.4 Å². The van der Waals surface area contributed by atoms with Crippen LogP contribution >= 0.6 is 12.4 Å². The molecular formula is C31H31ClN4O3. The first-order chi connectivity index (χ1) is 18.5. The number of carbonyl (C=O) groups excluding carboxylic acids is 2. The first kappa shape index (κ1) is 26.5. The van der Waals surface area contributed by atoms with Gasteiger partial charge in [0.15, 0.2) is 0 Å². The Morgan fingerprint density at radius 3 is 2.46 bits per heavy atom. The molecule has 2 N–H and O–H groups in total. The monoisotopic (exact) mass is 542 g/mol. The minimum atomic E-state index is -0.263. The van der Waals surface area contributed by atoms with Crippen molar-refractivity contribution < 1.29 is 14.3 Å². The Bertz CT molecular complexity index is 1510. The minimum Gasteiger partial charge on any atom is -0.490 e. The van der Waals surface area contributed by atoms with Crippen LogP contribution in [0.3, 0.4) is 0 Å². The SMILES string of the molecule is CC(C)Oc1ccccc1C(=O)Nc1ccc(C(=O)N2CCc3[nH]c(C4CC4)nc3-c3ccccc32)cc1.Cl. The van der Waals surface area contributed by atoms with E-state index in [1.165, 1.54) is 12.8 Å². The molecule has 2 aliphatic rings. The molecule has 6 rings (SSSR count). The average Bonchev–Trinajstić information content (AvgIpc) is 3.71. The molecule has 1 aliphatic heterocycles. The summed E-state index contributed by atoms with van der Waals surface area (Å²) >= 11 is 0. The molecular weight excluding hydrogens is 512 g/mol. The van der Waals surface area contributed by atoms with Gasteiger partial charge in [-0.1, -0.05) is 30.3 Å². The Morgan fingerprint density at radius 2 is 1.72 bits per heavy atom. The number of benzene rings is 3. The van der Waals surface area contributed by atoms with E-state index in [2.05, 4.69) is 10.3 Å². The maximum Gasteiger partial charge on any atom is 0.259 e. The van der Waals surface area contributed by atoms with Crippen molar-refractivity contribution in [2.75, 3.05) is 16.8 Å². The lowest BCUT2D eigenvalue weighted by atomic mass is 10.1. The highest BCUT2D eigenvalue weighted by Crippen LogP contribution is 2.42. The van der Waals surface area contributed by atoms with E-state index in [-0.39, 0.29) is 30.3 Å². The lowest BCUT2D eigenvalue weighted by Crippen LogP contribution is -2.32. The van der Waals surface area contributed by atoms with Gasteiger partial charge in [0.1, 0.15) is 11.6 Å². The van der Waals surface area contributed by atoms with Gasteiger partial charge in [-0.25, -0.2) is 4.98 Å². The number of aromatic amines is 1. The minimum absolute atomic E-state index is 0. The van der Waals surface area contributed by atoms with Gasteiger partial charge in [0.25, 0.3) is 11.8 Å². The summed E-state index contributed by atoms with van der Waals surface area (Å²) in [4.78, 5) is 36.9. The van der Waals surface area contributed by atoms with Crippen molar-refractivity contribution in [3.05, 3.63) is 95.4 Å². The summed E-state index contributed by atoms with van der Waals surface area (Å²) in [6.07, 6.45) is 3.04. The molecule has 0 unspecified atom stereocenters. The lowest BCUT2D eigenvalue weighted by Gasteiger charge is -2.23. The van der Waals surface area contributed by atoms with Gasteiger partial charge in [-0.3, -0.25) is 9.59 Å². The maximum absolute atomic E-state index is 13.7. The molecule has 2 amide bonds. The molecule has 0 atom stereocenters. The van der Waals surface area contributed by atoms with Crippen LogP contribution in [0.5, 0.6) is 5.75 Å². The zero-order chi connectivity index (χ0) is 26.2. The summed E-state index contributed by atoms with van der Waals surface area (Å²) in [5.41, 5.74) is 5.51. The van der Waals surface area contributed by atoms with E-state index in [1.807, 2.05) is 49.1 Å². The zero-order valence-corrected chi connectivity index (χ0v) is 22.8. The van der Waals surface area contributed by atoms with Crippen molar-refractivity contribution in [1.82, 2.24) is 9.97 Å². The molecule has 1 fully saturated rings. The number of rotatable bonds is 6. The molecule has 200 valence electrons. The number of nitrogens with one attached hydrogen (secondary N) is 2. The number of carbonyl (C=O) groups is 2. The number of hydrogen-bond acceptors (Lipinski definition) is 4. The Hall–Kier alpha value is -4.10. The molecule has 4 aromatic rings. The third kappa shape index (κ3) is 5.40. The molecule has 8 heteroatoms. The van der Waals surface area contributed by atoms with Gasteiger partial charge in [0.2, 0.25) is 0 Å². The number of amides is 2. The largest absolute Gasteiger partial charge is 0.490 e. The number of H-pyrrole nitrogens is 1. The smallest absolute Gasteiger partial charge is 0.259 e. The highest BCUT2D eigenvalue weighted by molar-refractivity contribution is 6.09. The van der Waals surface area contributed by atoms with E-state index in [0.717, 1.165) is 28.5 Å². The second-order valence-electron chi connectivity index (χ2n) is 10.1. The second kappa shape index (κ2) is 10.9. The highest BCUT2D eigenvalue weighted by atomic mass is 35.5. The quantitative estimate of drug-likeness (QED) is 0.287. The molecule has 0 bridgehead atoms. The average molecular weight is 543 g/mol. The molecule has 1 aliphatic carbocycles. The van der Waals surface area contributed by atoms with E-state index in [1.54, 1.807) is 42.5 Å². The molecule has 0 radical (unpaired) electrons. The van der Waals surface area contributed by atoms with Crippen LogP contribution in [0.4, 0.5) is 11.4 Å². The first-order valence-corrected chi connectivity index (χ1v) is 13.1. The number of fused-ring (bicyclic) bond motifs is 3. The topological polar surface area (TPSA) is 87.3 Å². The Labute approximate surface area is 234 Å². The summed E-state index contributed by atoms with van der Waals surface area (Å²) in [6, 6.07) is 22.2. The van der Waals surface area contributed by atoms with Crippen molar-refractivity contribution >= 4 is 35.6 Å². The van der Waals surface area contributed by atoms with Crippen LogP contribution in [0.2, 0.25) is 0 Å². The van der Waals surface area contributed by atoms with Gasteiger partial charge in [0, 0.05) is 41.4 Å². The van der Waals surface area contributed by atoms with E-state index in [4.69, 9.17) is 9.72 Å². The molecule has 39 heavy (non-hydrogen) atoms. The summed E-state index contributed by atoms with van der Waals surface area (Å²) in [5, 5.41) is 2.91. The number of nitrogens with zero attached hydrogens (tertiary/aromatic N) is 2. The fourth-order valence-electron chi connectivity index (χ4n) is 4.91. The highest BCUT2D eigenvalue weighted by Gasteiger charge is 2.31. The van der Waals surface area contributed by atoms with Crippen molar-refractivity contribution in [1.29, 1.82) is 0 Å². The van der Waals surface area contributed by atoms with E-state index < -0.39 is 0 Å². The summed E-state index contributed by atoms with van der Waals surface area (Å²) in [5.74, 6) is 1.80. The molecule has 7 nitrogen and oxygen atoms in total. The standard InChI is InChI=1S/C31H30N4O3.ClH/c1-19(2)38-27-10-6-4-8-24(27)30(36)32-22-15-13-21(14-16-22)31(37)35-18-17-25-28(23-7-3-5-9-26(23)35)34-29(33-25)20-11-12-20;/h3-10,13-16,19-20H,11-12,17-18H2,1-2H3,(H,32,36)(H,33,34);1H. The van der Waals surface area contributed by atoms with Gasteiger partial charge in [0.05, 0.1) is 23.0 Å². The maximum atomic E-state index is 13.7. The summed E-state index contributed by atoms with van der Waals surface area (Å²) < 4.78 is 5.78. The van der Waals surface area contributed by atoms with Crippen LogP contribution < -0.4 is 15.0 Å². The summed E-state index contributed by atoms with van der Waals surface area (Å²) in [6.45, 7) is 4.40. The molecule has 3 aromatic carbocycles. The fourth-order valence-corrected chi connectivity index (χ4v) is 4.91. The van der Waals surface area contributed by atoms with Crippen LogP contribution in [0, 0.1) is 0 Å². The van der Waals surface area contributed by atoms with Gasteiger partial charge < -0.3 is 19.9 Å². The predicted molar refractivity (Wildman–Crippen MR) is 155 cm³/mol. The number of imidazole rings is 1. The summed E-state index contributed by atoms with van der Waals surface area (Å²) in [7, 11) is 0. The van der Waals surface area contributed by atoms with Crippen molar-refractivity contribution in [2.24, 2.45) is 0 Å². The number of ether oxygens (including phenoxy) is 1. The first-order valence-electron chi connectivity index (χ1n) is 13.1. The molecule has 2 heterocycles. The molecule has 0 saturated heterocycles. The van der Waals surface area contributed by atoms with E-state index in [0.29, 0.717) is 41.4 Å². The third-order valence-corrected chi connectivity index (χ3v) is 6.93. The van der Waals surface area contributed by atoms with Crippen LogP contribution in [0.25, 0.3) is 11.3 Å². The fraction of sp³-hybridized carbons (Fsp3) is 0.258. The Morgan fingerprint density at radius 1 is 1.00 bits per heavy atom. The lowest BCUT2D eigenvalue weighted by molar-refractivity contribution is 0.0986. The Kier molecular flexibility index (Phi) is 7.44. The van der Waals surface area contributed by atoms with Crippen molar-refractivity contribution in [3.8, 4) is 17.0 Å². The third-order valence-electron chi connectivity index (χ3n) is 6.93. The number of halogens is 1. The Balaban J connectivity index is 0.00000308. The van der Waals surface area contributed by atoms with Crippen LogP contribution in [0.1, 0.15) is 64.8 Å². The van der Waals surface area contributed by atoms with Gasteiger partial charge >= 0.3 is 0 Å². The number of para-hydroxylation sites is 2. The number of aromatic nitrogens is 2. The van der Waals surface area contributed by atoms with Crippen molar-refractivity contribution in [3.63, 3.8) is 0 Å². The van der Waals surface area contributed by atoms with E-state index >= 15 is 0 Å². The van der Waals surface area contributed by atoms with Gasteiger partial charge in [-0.2, -0.15) is 0 Å². The van der Waals surface area contributed by atoms with Crippen molar-refractivity contribution in [2.45, 2.75) is 45.1 Å². The molecule has 1 aromatic heterocycles. The predicted octanol–water partition coefficient (Wildman–Crippen LogP) is 6.62. The number of hydrogen-bond donors (Lipinski definition) is 2. The molecule has 0 spiro atoms. The second-order valence-corrected chi connectivity index (χ2v) is 10.1. The van der Waals surface area contributed by atoms with Gasteiger partial charge in [-0.05, 0) is 69.2 Å². The number of anilines is 2. The zero-order valence-electron chi connectivity index (χ0n) is 21.9. The van der Waals surface area contributed by atoms with Gasteiger partial charge in [-0.15, -0.1) is 12.4 Å². The van der Waals surface area contributed by atoms with Crippen LogP contribution in [0.15, 0.2) is 72.8 Å². The normalized spacial score (nSPS) is 14.1.